The number of rotatable bonds is 4. The van der Waals surface area contributed by atoms with E-state index in [2.05, 4.69) is 4.98 Å². The van der Waals surface area contributed by atoms with Gasteiger partial charge in [-0.2, -0.15) is 4.39 Å². The van der Waals surface area contributed by atoms with Crippen molar-refractivity contribution in [3.63, 3.8) is 0 Å². The quantitative estimate of drug-likeness (QED) is 0.597. The highest BCUT2D eigenvalue weighted by molar-refractivity contribution is 5.96. The van der Waals surface area contributed by atoms with E-state index in [0.29, 0.717) is 0 Å². The molecule has 7 heteroatoms. The Balaban J connectivity index is 2.80. The Morgan fingerprint density at radius 3 is 2.75 bits per heavy atom. The Bertz CT molecular complexity index is 410. The van der Waals surface area contributed by atoms with Gasteiger partial charge in [0.15, 0.2) is 6.04 Å². The summed E-state index contributed by atoms with van der Waals surface area (Å²) < 4.78 is 13.0. The van der Waals surface area contributed by atoms with Gasteiger partial charge in [0, 0.05) is 6.20 Å². The van der Waals surface area contributed by atoms with E-state index < -0.39 is 30.5 Å². The summed E-state index contributed by atoms with van der Waals surface area (Å²) in [6.07, 6.45) is 1.16. The number of aromatic nitrogens is 1. The number of halogens is 1. The van der Waals surface area contributed by atoms with Gasteiger partial charge in [-0.3, -0.25) is 4.79 Å². The SMILES string of the molecule is O=C(NC(CO)C(=O)O)c1cccnc1F. The topological polar surface area (TPSA) is 99.5 Å². The molecule has 1 amide bonds. The van der Waals surface area contributed by atoms with Gasteiger partial charge < -0.3 is 15.5 Å². The molecule has 0 fully saturated rings. The predicted octanol–water partition coefficient (Wildman–Crippen LogP) is -0.604. The zero-order valence-corrected chi connectivity index (χ0v) is 8.05. The Hall–Kier alpha value is -2.02. The number of hydrogen-bond donors (Lipinski definition) is 3. The van der Waals surface area contributed by atoms with Crippen LogP contribution in [0.15, 0.2) is 18.3 Å². The van der Waals surface area contributed by atoms with Crippen molar-refractivity contribution >= 4 is 11.9 Å². The summed E-state index contributed by atoms with van der Waals surface area (Å²) in [5.41, 5.74) is -0.373. The van der Waals surface area contributed by atoms with Crippen LogP contribution in [0.25, 0.3) is 0 Å². The number of carbonyl (C=O) groups is 2. The van der Waals surface area contributed by atoms with Crippen molar-refractivity contribution in [2.24, 2.45) is 0 Å². The molecule has 0 aliphatic rings. The number of aliphatic carboxylic acids is 1. The van der Waals surface area contributed by atoms with Gasteiger partial charge in [0.05, 0.1) is 12.2 Å². The molecule has 16 heavy (non-hydrogen) atoms. The minimum Gasteiger partial charge on any atom is -0.480 e. The van der Waals surface area contributed by atoms with E-state index in [1.165, 1.54) is 6.07 Å². The van der Waals surface area contributed by atoms with Crippen molar-refractivity contribution in [2.75, 3.05) is 6.61 Å². The molecule has 6 nitrogen and oxygen atoms in total. The summed E-state index contributed by atoms with van der Waals surface area (Å²) in [4.78, 5) is 25.1. The first-order valence-corrected chi connectivity index (χ1v) is 4.31. The van der Waals surface area contributed by atoms with Crippen LogP contribution in [-0.4, -0.2) is 39.7 Å². The second-order valence-corrected chi connectivity index (χ2v) is 2.89. The molecule has 0 saturated carbocycles. The van der Waals surface area contributed by atoms with Crippen molar-refractivity contribution in [1.29, 1.82) is 0 Å². The van der Waals surface area contributed by atoms with Crippen LogP contribution in [-0.2, 0) is 4.79 Å². The van der Waals surface area contributed by atoms with Crippen LogP contribution in [0.3, 0.4) is 0 Å². The highest BCUT2D eigenvalue weighted by atomic mass is 19.1. The Morgan fingerprint density at radius 1 is 1.56 bits per heavy atom. The van der Waals surface area contributed by atoms with Gasteiger partial charge >= 0.3 is 5.97 Å². The van der Waals surface area contributed by atoms with Gasteiger partial charge in [0.1, 0.15) is 0 Å². The van der Waals surface area contributed by atoms with Crippen molar-refractivity contribution in [1.82, 2.24) is 10.3 Å². The number of aliphatic hydroxyl groups excluding tert-OH is 1. The second-order valence-electron chi connectivity index (χ2n) is 2.89. The van der Waals surface area contributed by atoms with Crippen molar-refractivity contribution in [3.05, 3.63) is 29.8 Å². The molecule has 0 radical (unpaired) electrons. The lowest BCUT2D eigenvalue weighted by molar-refractivity contribution is -0.140. The highest BCUT2D eigenvalue weighted by Crippen LogP contribution is 2.03. The second kappa shape index (κ2) is 5.17. The normalized spacial score (nSPS) is 11.9. The average molecular weight is 228 g/mol. The van der Waals surface area contributed by atoms with Gasteiger partial charge in [-0.05, 0) is 12.1 Å². The predicted molar refractivity (Wildman–Crippen MR) is 50.2 cm³/mol. The van der Waals surface area contributed by atoms with E-state index >= 15 is 0 Å². The molecule has 1 aromatic rings. The van der Waals surface area contributed by atoms with E-state index in [9.17, 15) is 14.0 Å². The number of carbonyl (C=O) groups excluding carboxylic acids is 1. The van der Waals surface area contributed by atoms with Gasteiger partial charge in [-0.25, -0.2) is 9.78 Å². The minimum absolute atomic E-state index is 0.373. The molecule has 0 bridgehead atoms. The maximum Gasteiger partial charge on any atom is 0.328 e. The monoisotopic (exact) mass is 228 g/mol. The van der Waals surface area contributed by atoms with Gasteiger partial charge in [-0.1, -0.05) is 0 Å². The first-order chi connectivity index (χ1) is 7.56. The lowest BCUT2D eigenvalue weighted by Crippen LogP contribution is -2.43. The summed E-state index contributed by atoms with van der Waals surface area (Å²) in [6.45, 7) is -0.775. The van der Waals surface area contributed by atoms with E-state index in [1.807, 2.05) is 5.32 Å². The molecule has 1 atom stereocenters. The molecular weight excluding hydrogens is 219 g/mol. The van der Waals surface area contributed by atoms with E-state index in [4.69, 9.17) is 10.2 Å². The fraction of sp³-hybridized carbons (Fsp3) is 0.222. The molecule has 1 heterocycles. The number of pyridine rings is 1. The molecule has 3 N–H and O–H groups in total. The first kappa shape index (κ1) is 12.1. The molecule has 1 rings (SSSR count). The first-order valence-electron chi connectivity index (χ1n) is 4.31. The fourth-order valence-corrected chi connectivity index (χ4v) is 0.977. The van der Waals surface area contributed by atoms with Crippen LogP contribution < -0.4 is 5.32 Å². The maximum absolute atomic E-state index is 13.0. The largest absolute Gasteiger partial charge is 0.480 e. The summed E-state index contributed by atoms with van der Waals surface area (Å²) in [5.74, 6) is -3.34. The number of hydrogen-bond acceptors (Lipinski definition) is 4. The number of carboxylic acid groups (broad SMARTS) is 1. The summed E-state index contributed by atoms with van der Waals surface area (Å²) >= 11 is 0. The zero-order valence-electron chi connectivity index (χ0n) is 8.05. The van der Waals surface area contributed by atoms with Crippen molar-refractivity contribution in [3.8, 4) is 0 Å². The third-order valence-corrected chi connectivity index (χ3v) is 1.79. The lowest BCUT2D eigenvalue weighted by Gasteiger charge is -2.11. The van der Waals surface area contributed by atoms with Gasteiger partial charge in [0.2, 0.25) is 5.95 Å². The molecule has 0 aromatic carbocycles. The van der Waals surface area contributed by atoms with Crippen LogP contribution in [0.1, 0.15) is 10.4 Å². The number of nitrogens with zero attached hydrogens (tertiary/aromatic N) is 1. The molecular formula is C9H9FN2O4. The Labute approximate surface area is 89.7 Å². The van der Waals surface area contributed by atoms with Crippen LogP contribution in [0.5, 0.6) is 0 Å². The molecule has 1 unspecified atom stereocenters. The van der Waals surface area contributed by atoms with Crippen LogP contribution in [0, 0.1) is 5.95 Å². The van der Waals surface area contributed by atoms with E-state index in [1.54, 1.807) is 0 Å². The summed E-state index contributed by atoms with van der Waals surface area (Å²) in [7, 11) is 0. The molecule has 86 valence electrons. The number of amides is 1. The maximum atomic E-state index is 13.0. The standard InChI is InChI=1S/C9H9FN2O4/c10-7-5(2-1-3-11-7)8(14)12-6(4-13)9(15)16/h1-3,6,13H,4H2,(H,12,14)(H,15,16). The van der Waals surface area contributed by atoms with Crippen LogP contribution in [0.2, 0.25) is 0 Å². The van der Waals surface area contributed by atoms with Crippen LogP contribution in [0.4, 0.5) is 4.39 Å². The third kappa shape index (κ3) is 2.74. The number of aliphatic hydroxyl groups is 1. The average Bonchev–Trinajstić information content (AvgIpc) is 2.25. The number of carboxylic acids is 1. The van der Waals surface area contributed by atoms with E-state index in [0.717, 1.165) is 12.3 Å². The summed E-state index contributed by atoms with van der Waals surface area (Å²) in [5, 5.41) is 19.2. The Morgan fingerprint density at radius 2 is 2.25 bits per heavy atom. The fourth-order valence-electron chi connectivity index (χ4n) is 0.977. The van der Waals surface area contributed by atoms with Gasteiger partial charge in [-0.15, -0.1) is 0 Å². The zero-order chi connectivity index (χ0) is 12.1. The smallest absolute Gasteiger partial charge is 0.328 e. The van der Waals surface area contributed by atoms with Gasteiger partial charge in [0.25, 0.3) is 5.91 Å². The highest BCUT2D eigenvalue weighted by Gasteiger charge is 2.21. The molecule has 0 saturated heterocycles. The third-order valence-electron chi connectivity index (χ3n) is 1.79. The Kier molecular flexibility index (Phi) is 3.90. The number of nitrogens with one attached hydrogen (secondary N) is 1. The van der Waals surface area contributed by atoms with Crippen molar-refractivity contribution < 1.29 is 24.2 Å². The molecule has 0 aliphatic carbocycles. The van der Waals surface area contributed by atoms with Crippen LogP contribution >= 0.6 is 0 Å². The molecule has 0 spiro atoms. The lowest BCUT2D eigenvalue weighted by atomic mass is 10.2. The summed E-state index contributed by atoms with van der Waals surface area (Å²) in [6, 6.07) is 1.04. The molecule has 0 aliphatic heterocycles. The molecule has 1 aromatic heterocycles. The minimum atomic E-state index is -1.47. The van der Waals surface area contributed by atoms with E-state index in [-0.39, 0.29) is 5.56 Å². The van der Waals surface area contributed by atoms with Crippen molar-refractivity contribution in [2.45, 2.75) is 6.04 Å².